The van der Waals surface area contributed by atoms with E-state index in [1.165, 1.54) is 6.92 Å². The summed E-state index contributed by atoms with van der Waals surface area (Å²) in [6.45, 7) is 1.26. The first-order valence-electron chi connectivity index (χ1n) is 7.00. The van der Waals surface area contributed by atoms with Crippen LogP contribution in [0.1, 0.15) is 6.92 Å². The largest absolute Gasteiger partial charge is 0.391 e. The Morgan fingerprint density at radius 1 is 0.957 bits per heavy atom. The van der Waals surface area contributed by atoms with Crippen molar-refractivity contribution in [2.45, 2.75) is 18.9 Å². The van der Waals surface area contributed by atoms with Gasteiger partial charge in [0.25, 0.3) is 0 Å². The Bertz CT molecular complexity index is 677. The number of hydroxylamine groups is 4. The first-order valence-corrected chi connectivity index (χ1v) is 7.00. The van der Waals surface area contributed by atoms with Crippen LogP contribution in [0.5, 0.6) is 11.5 Å². The fraction of sp³-hybridized carbons (Fsp3) is 0.188. The molecule has 1 heterocycles. The zero-order chi connectivity index (χ0) is 16.4. The van der Waals surface area contributed by atoms with E-state index in [2.05, 4.69) is 0 Å². The fourth-order valence-corrected chi connectivity index (χ4v) is 2.12. The van der Waals surface area contributed by atoms with Crippen molar-refractivity contribution >= 4 is 6.03 Å². The Kier molecular flexibility index (Phi) is 3.81. The van der Waals surface area contributed by atoms with Gasteiger partial charge in [0.15, 0.2) is 11.5 Å². The highest BCUT2D eigenvalue weighted by atomic mass is 16.8. The predicted molar refractivity (Wildman–Crippen MR) is 79.8 cm³/mol. The Balaban J connectivity index is 1.83. The zero-order valence-electron chi connectivity index (χ0n) is 12.4. The zero-order valence-corrected chi connectivity index (χ0v) is 12.4. The standard InChI is InChI=1S/C16H16N2O5/c1-16(21)14(19)17(22-12-8-4-2-5-9-12)15(20)18(16)23-13-10-6-3-7-11-13/h2-11,14,19,21H,1H3. The number of aliphatic hydroxyl groups is 2. The summed E-state index contributed by atoms with van der Waals surface area (Å²) in [5, 5.41) is 22.0. The maximum atomic E-state index is 12.4. The third-order valence-corrected chi connectivity index (χ3v) is 3.37. The number of benzene rings is 2. The van der Waals surface area contributed by atoms with Gasteiger partial charge in [-0.2, -0.15) is 0 Å². The van der Waals surface area contributed by atoms with Crippen molar-refractivity contribution in [1.29, 1.82) is 0 Å². The van der Waals surface area contributed by atoms with Gasteiger partial charge in [0.05, 0.1) is 0 Å². The van der Waals surface area contributed by atoms with Crippen molar-refractivity contribution in [3.63, 3.8) is 0 Å². The number of amides is 2. The highest BCUT2D eigenvalue weighted by molar-refractivity contribution is 5.76. The van der Waals surface area contributed by atoms with Gasteiger partial charge in [0, 0.05) is 0 Å². The molecule has 2 atom stereocenters. The molecule has 2 N–H and O–H groups in total. The predicted octanol–water partition coefficient (Wildman–Crippen LogP) is 1.74. The van der Waals surface area contributed by atoms with Crippen molar-refractivity contribution in [2.75, 3.05) is 0 Å². The number of urea groups is 1. The molecular formula is C16H16N2O5. The van der Waals surface area contributed by atoms with Gasteiger partial charge in [-0.3, -0.25) is 0 Å². The maximum Gasteiger partial charge on any atom is 0.391 e. The Labute approximate surface area is 132 Å². The molecule has 120 valence electrons. The number of hydrogen-bond acceptors (Lipinski definition) is 5. The SMILES string of the molecule is CC1(O)C(O)N(Oc2ccccc2)C(=O)N1Oc1ccccc1. The first kappa shape index (κ1) is 15.1. The summed E-state index contributed by atoms with van der Waals surface area (Å²) in [5.41, 5.74) is -1.98. The molecular weight excluding hydrogens is 300 g/mol. The molecule has 0 bridgehead atoms. The topological polar surface area (TPSA) is 82.5 Å². The number of aliphatic hydroxyl groups excluding tert-OH is 1. The van der Waals surface area contributed by atoms with E-state index in [4.69, 9.17) is 9.68 Å². The van der Waals surface area contributed by atoms with E-state index in [-0.39, 0.29) is 0 Å². The van der Waals surface area contributed by atoms with E-state index in [0.717, 1.165) is 0 Å². The molecule has 2 aromatic rings. The molecule has 2 amide bonds. The highest BCUT2D eigenvalue weighted by Gasteiger charge is 2.57. The van der Waals surface area contributed by atoms with Gasteiger partial charge in [-0.1, -0.05) is 36.4 Å². The molecule has 1 aliphatic heterocycles. The lowest BCUT2D eigenvalue weighted by atomic mass is 10.2. The summed E-state index contributed by atoms with van der Waals surface area (Å²) >= 11 is 0. The summed E-state index contributed by atoms with van der Waals surface area (Å²) in [6.07, 6.45) is -1.63. The highest BCUT2D eigenvalue weighted by Crippen LogP contribution is 2.31. The Morgan fingerprint density at radius 2 is 1.43 bits per heavy atom. The lowest BCUT2D eigenvalue weighted by Gasteiger charge is -2.28. The number of carbonyl (C=O) groups excluding carboxylic acids is 1. The normalized spacial score (nSPS) is 24.0. The molecule has 2 unspecified atom stereocenters. The minimum Gasteiger partial charge on any atom is -0.373 e. The van der Waals surface area contributed by atoms with Gasteiger partial charge in [-0.05, 0) is 31.2 Å². The molecule has 0 aromatic heterocycles. The van der Waals surface area contributed by atoms with Crippen LogP contribution in [0.15, 0.2) is 60.7 Å². The second-order valence-electron chi connectivity index (χ2n) is 5.18. The number of carbonyl (C=O) groups is 1. The van der Waals surface area contributed by atoms with Crippen LogP contribution in [-0.4, -0.2) is 38.3 Å². The van der Waals surface area contributed by atoms with Gasteiger partial charge < -0.3 is 19.9 Å². The van der Waals surface area contributed by atoms with Crippen LogP contribution < -0.4 is 9.68 Å². The van der Waals surface area contributed by atoms with Crippen molar-refractivity contribution in [1.82, 2.24) is 10.1 Å². The lowest BCUT2D eigenvalue weighted by molar-refractivity contribution is -0.239. The summed E-state index contributed by atoms with van der Waals surface area (Å²) < 4.78 is 0. The molecule has 1 fully saturated rings. The molecule has 0 spiro atoms. The molecule has 23 heavy (non-hydrogen) atoms. The Morgan fingerprint density at radius 3 is 1.96 bits per heavy atom. The van der Waals surface area contributed by atoms with Crippen LogP contribution in [-0.2, 0) is 0 Å². The number of para-hydroxylation sites is 2. The van der Waals surface area contributed by atoms with E-state index < -0.39 is 18.0 Å². The number of hydrogen-bond donors (Lipinski definition) is 2. The Hall–Kier alpha value is -2.77. The number of nitrogens with zero attached hydrogens (tertiary/aromatic N) is 2. The van der Waals surface area contributed by atoms with Crippen molar-refractivity contribution in [3.05, 3.63) is 60.7 Å². The van der Waals surface area contributed by atoms with Crippen molar-refractivity contribution in [3.8, 4) is 11.5 Å². The third-order valence-electron chi connectivity index (χ3n) is 3.37. The lowest BCUT2D eigenvalue weighted by Crippen LogP contribution is -2.50. The molecule has 7 heteroatoms. The quantitative estimate of drug-likeness (QED) is 0.898. The molecule has 0 aliphatic carbocycles. The molecule has 2 aromatic carbocycles. The van der Waals surface area contributed by atoms with Crippen molar-refractivity contribution in [2.24, 2.45) is 0 Å². The van der Waals surface area contributed by atoms with E-state index in [1.54, 1.807) is 60.7 Å². The van der Waals surface area contributed by atoms with Gasteiger partial charge in [-0.15, -0.1) is 10.1 Å². The maximum absolute atomic E-state index is 12.4. The summed E-state index contributed by atoms with van der Waals surface area (Å²) in [5.74, 6) is 0.687. The van der Waals surface area contributed by atoms with Gasteiger partial charge >= 0.3 is 6.03 Å². The van der Waals surface area contributed by atoms with E-state index in [0.29, 0.717) is 21.6 Å². The van der Waals surface area contributed by atoms with Crippen molar-refractivity contribution < 1.29 is 24.7 Å². The monoisotopic (exact) mass is 316 g/mol. The van der Waals surface area contributed by atoms with Gasteiger partial charge in [0.1, 0.15) is 0 Å². The third kappa shape index (κ3) is 2.79. The second kappa shape index (κ2) is 5.79. The average molecular weight is 316 g/mol. The molecule has 0 radical (unpaired) electrons. The second-order valence-corrected chi connectivity index (χ2v) is 5.18. The molecule has 3 rings (SSSR count). The molecule has 7 nitrogen and oxygen atoms in total. The summed E-state index contributed by atoms with van der Waals surface area (Å²) in [7, 11) is 0. The van der Waals surface area contributed by atoms with Gasteiger partial charge in [-0.25, -0.2) is 4.79 Å². The van der Waals surface area contributed by atoms with Crippen LogP contribution in [0.4, 0.5) is 4.79 Å². The average Bonchev–Trinajstić information content (AvgIpc) is 2.72. The fourth-order valence-electron chi connectivity index (χ4n) is 2.12. The van der Waals surface area contributed by atoms with Crippen LogP contribution in [0, 0.1) is 0 Å². The molecule has 1 aliphatic rings. The van der Waals surface area contributed by atoms with Crippen LogP contribution in [0.2, 0.25) is 0 Å². The van der Waals surface area contributed by atoms with E-state index in [1.807, 2.05) is 0 Å². The van der Waals surface area contributed by atoms with Crippen LogP contribution in [0.3, 0.4) is 0 Å². The van der Waals surface area contributed by atoms with Crippen LogP contribution >= 0.6 is 0 Å². The van der Waals surface area contributed by atoms with Gasteiger partial charge in [0.2, 0.25) is 12.0 Å². The summed E-state index contributed by atoms with van der Waals surface area (Å²) in [4.78, 5) is 23.2. The number of rotatable bonds is 4. The minimum absolute atomic E-state index is 0.342. The smallest absolute Gasteiger partial charge is 0.373 e. The van der Waals surface area contributed by atoms with Crippen LogP contribution in [0.25, 0.3) is 0 Å². The minimum atomic E-state index is -1.98. The first-order chi connectivity index (χ1) is 11.0. The molecule has 0 saturated carbocycles. The summed E-state index contributed by atoms with van der Waals surface area (Å²) in [6, 6.07) is 16.1. The van der Waals surface area contributed by atoms with E-state index in [9.17, 15) is 15.0 Å². The van der Waals surface area contributed by atoms with E-state index >= 15 is 0 Å². The molecule has 1 saturated heterocycles.